The smallest absolute Gasteiger partial charge is 0.101 e. The van der Waals surface area contributed by atoms with E-state index in [0.29, 0.717) is 16.6 Å². The predicted octanol–water partition coefficient (Wildman–Crippen LogP) is 3.11. The Kier molecular flexibility index (Phi) is 4.46. The van der Waals surface area contributed by atoms with Gasteiger partial charge >= 0.3 is 0 Å². The second kappa shape index (κ2) is 6.08. The SMILES string of the molecule is CC(CNc1ccc(Cl)cc1C#N)N1CCCC1. The highest BCUT2D eigenvalue weighted by atomic mass is 35.5. The van der Waals surface area contributed by atoms with Crippen molar-refractivity contribution in [1.82, 2.24) is 4.90 Å². The average Bonchev–Trinajstić information content (AvgIpc) is 2.90. The minimum absolute atomic E-state index is 0.495. The maximum Gasteiger partial charge on any atom is 0.101 e. The molecule has 2 rings (SSSR count). The second-order valence-corrected chi connectivity index (χ2v) is 5.21. The van der Waals surface area contributed by atoms with Crippen LogP contribution >= 0.6 is 11.6 Å². The third-order valence-corrected chi connectivity index (χ3v) is 3.69. The lowest BCUT2D eigenvalue weighted by Crippen LogP contribution is -2.35. The van der Waals surface area contributed by atoms with Gasteiger partial charge in [-0.2, -0.15) is 5.26 Å². The van der Waals surface area contributed by atoms with Gasteiger partial charge in [-0.15, -0.1) is 0 Å². The lowest BCUT2D eigenvalue weighted by Gasteiger charge is -2.24. The van der Waals surface area contributed by atoms with E-state index in [2.05, 4.69) is 23.2 Å². The summed E-state index contributed by atoms with van der Waals surface area (Å²) in [4.78, 5) is 2.48. The predicted molar refractivity (Wildman–Crippen MR) is 74.9 cm³/mol. The molecule has 1 aromatic carbocycles. The van der Waals surface area contributed by atoms with Crippen LogP contribution in [0, 0.1) is 11.3 Å². The molecule has 1 aliphatic rings. The van der Waals surface area contributed by atoms with Gasteiger partial charge in [0, 0.05) is 17.6 Å². The van der Waals surface area contributed by atoms with Crippen molar-refractivity contribution in [3.05, 3.63) is 28.8 Å². The van der Waals surface area contributed by atoms with Crippen molar-refractivity contribution in [2.24, 2.45) is 0 Å². The first kappa shape index (κ1) is 13.2. The fraction of sp³-hybridized carbons (Fsp3) is 0.500. The fourth-order valence-electron chi connectivity index (χ4n) is 2.33. The number of benzene rings is 1. The number of nitrogens with one attached hydrogen (secondary N) is 1. The van der Waals surface area contributed by atoms with Crippen LogP contribution in [0.3, 0.4) is 0 Å². The zero-order chi connectivity index (χ0) is 13.0. The summed E-state index contributed by atoms with van der Waals surface area (Å²) >= 11 is 5.87. The molecule has 0 aromatic heterocycles. The maximum absolute atomic E-state index is 9.06. The molecule has 0 spiro atoms. The van der Waals surface area contributed by atoms with Gasteiger partial charge in [0.1, 0.15) is 6.07 Å². The summed E-state index contributed by atoms with van der Waals surface area (Å²) < 4.78 is 0. The normalized spacial score (nSPS) is 17.4. The lowest BCUT2D eigenvalue weighted by atomic mass is 10.2. The number of hydrogen-bond acceptors (Lipinski definition) is 3. The summed E-state index contributed by atoms with van der Waals surface area (Å²) in [6.45, 7) is 5.46. The Balaban J connectivity index is 1.95. The van der Waals surface area contributed by atoms with Crippen LogP contribution in [0.15, 0.2) is 18.2 Å². The maximum atomic E-state index is 9.06. The highest BCUT2D eigenvalue weighted by Gasteiger charge is 2.17. The molecule has 0 amide bonds. The van der Waals surface area contributed by atoms with E-state index in [1.807, 2.05) is 12.1 Å². The van der Waals surface area contributed by atoms with Crippen LogP contribution in [0.1, 0.15) is 25.3 Å². The molecule has 1 fully saturated rings. The van der Waals surface area contributed by atoms with Crippen molar-refractivity contribution in [2.45, 2.75) is 25.8 Å². The van der Waals surface area contributed by atoms with Gasteiger partial charge in [0.2, 0.25) is 0 Å². The molecule has 1 aromatic rings. The topological polar surface area (TPSA) is 39.1 Å². The van der Waals surface area contributed by atoms with E-state index in [-0.39, 0.29) is 0 Å². The Morgan fingerprint density at radius 1 is 1.44 bits per heavy atom. The van der Waals surface area contributed by atoms with Gasteiger partial charge in [-0.05, 0) is 51.1 Å². The van der Waals surface area contributed by atoms with Gasteiger partial charge in [-0.3, -0.25) is 4.90 Å². The molecule has 1 heterocycles. The van der Waals surface area contributed by atoms with E-state index in [1.165, 1.54) is 25.9 Å². The number of nitrogens with zero attached hydrogens (tertiary/aromatic N) is 2. The minimum Gasteiger partial charge on any atom is -0.382 e. The summed E-state index contributed by atoms with van der Waals surface area (Å²) in [7, 11) is 0. The molecular weight excluding hydrogens is 246 g/mol. The van der Waals surface area contributed by atoms with Crippen LogP contribution in [0.2, 0.25) is 5.02 Å². The van der Waals surface area contributed by atoms with Crippen molar-refractivity contribution >= 4 is 17.3 Å². The molecular formula is C14H18ClN3. The molecule has 96 valence electrons. The molecule has 0 aliphatic carbocycles. The van der Waals surface area contributed by atoms with Crippen LogP contribution in [0.25, 0.3) is 0 Å². The zero-order valence-corrected chi connectivity index (χ0v) is 11.4. The highest BCUT2D eigenvalue weighted by molar-refractivity contribution is 6.30. The Labute approximate surface area is 113 Å². The summed E-state index contributed by atoms with van der Waals surface area (Å²) in [5.41, 5.74) is 1.48. The third-order valence-electron chi connectivity index (χ3n) is 3.45. The number of nitriles is 1. The minimum atomic E-state index is 0.495. The average molecular weight is 264 g/mol. The summed E-state index contributed by atoms with van der Waals surface area (Å²) in [5.74, 6) is 0. The van der Waals surface area contributed by atoms with Crippen molar-refractivity contribution in [1.29, 1.82) is 5.26 Å². The van der Waals surface area contributed by atoms with E-state index in [0.717, 1.165) is 12.2 Å². The summed E-state index contributed by atoms with van der Waals surface area (Å²) in [5, 5.41) is 13.0. The van der Waals surface area contributed by atoms with Gasteiger partial charge in [0.25, 0.3) is 0 Å². The van der Waals surface area contributed by atoms with E-state index in [4.69, 9.17) is 16.9 Å². The van der Waals surface area contributed by atoms with Crippen molar-refractivity contribution in [3.63, 3.8) is 0 Å². The Bertz CT molecular complexity index is 447. The van der Waals surface area contributed by atoms with Crippen LogP contribution in [-0.2, 0) is 0 Å². The molecule has 1 atom stereocenters. The largest absolute Gasteiger partial charge is 0.382 e. The van der Waals surface area contributed by atoms with Crippen molar-refractivity contribution < 1.29 is 0 Å². The van der Waals surface area contributed by atoms with Gasteiger partial charge in [-0.25, -0.2) is 0 Å². The monoisotopic (exact) mass is 263 g/mol. The van der Waals surface area contributed by atoms with E-state index in [9.17, 15) is 0 Å². The fourth-order valence-corrected chi connectivity index (χ4v) is 2.50. The molecule has 1 saturated heterocycles. The molecule has 0 radical (unpaired) electrons. The quantitative estimate of drug-likeness (QED) is 0.907. The first-order chi connectivity index (χ1) is 8.70. The number of likely N-dealkylation sites (tertiary alicyclic amines) is 1. The summed E-state index contributed by atoms with van der Waals surface area (Å²) in [6, 6.07) is 8.05. The molecule has 4 heteroatoms. The van der Waals surface area contributed by atoms with Crippen LogP contribution in [0.5, 0.6) is 0 Å². The second-order valence-electron chi connectivity index (χ2n) is 4.77. The van der Waals surface area contributed by atoms with E-state index >= 15 is 0 Å². The van der Waals surface area contributed by atoms with Crippen LogP contribution < -0.4 is 5.32 Å². The molecule has 1 aliphatic heterocycles. The Hall–Kier alpha value is -1.24. The Morgan fingerprint density at radius 3 is 2.83 bits per heavy atom. The molecule has 0 saturated carbocycles. The molecule has 3 nitrogen and oxygen atoms in total. The van der Waals surface area contributed by atoms with Crippen LogP contribution in [0.4, 0.5) is 5.69 Å². The number of hydrogen-bond donors (Lipinski definition) is 1. The molecule has 1 unspecified atom stereocenters. The van der Waals surface area contributed by atoms with Crippen molar-refractivity contribution in [2.75, 3.05) is 25.0 Å². The molecule has 0 bridgehead atoms. The zero-order valence-electron chi connectivity index (χ0n) is 10.6. The number of anilines is 1. The van der Waals surface area contributed by atoms with E-state index < -0.39 is 0 Å². The van der Waals surface area contributed by atoms with Gasteiger partial charge in [0.05, 0.1) is 11.3 Å². The van der Waals surface area contributed by atoms with Gasteiger partial charge in [0.15, 0.2) is 0 Å². The summed E-state index contributed by atoms with van der Waals surface area (Å²) in [6.07, 6.45) is 2.60. The molecule has 1 N–H and O–H groups in total. The highest BCUT2D eigenvalue weighted by Crippen LogP contribution is 2.20. The van der Waals surface area contributed by atoms with Crippen molar-refractivity contribution in [3.8, 4) is 6.07 Å². The van der Waals surface area contributed by atoms with Gasteiger partial charge < -0.3 is 5.32 Å². The standard InChI is InChI=1S/C14H18ClN3/c1-11(18-6-2-3-7-18)10-17-14-5-4-13(15)8-12(14)9-16/h4-5,8,11,17H,2-3,6-7,10H2,1H3. The molecule has 18 heavy (non-hydrogen) atoms. The number of halogens is 1. The van der Waals surface area contributed by atoms with E-state index in [1.54, 1.807) is 6.07 Å². The van der Waals surface area contributed by atoms with Gasteiger partial charge in [-0.1, -0.05) is 11.6 Å². The lowest BCUT2D eigenvalue weighted by molar-refractivity contribution is 0.269. The van der Waals surface area contributed by atoms with Crippen LogP contribution in [-0.4, -0.2) is 30.6 Å². The third kappa shape index (κ3) is 3.16. The first-order valence-electron chi connectivity index (χ1n) is 6.38. The Morgan fingerprint density at radius 2 is 2.17 bits per heavy atom. The first-order valence-corrected chi connectivity index (χ1v) is 6.76. The number of rotatable bonds is 4.